The second-order valence-electron chi connectivity index (χ2n) is 4.55. The maximum Gasteiger partial charge on any atom is 0.182 e. The third-order valence-corrected chi connectivity index (χ3v) is 4.05. The monoisotopic (exact) mass is 347 g/mol. The molecule has 0 fully saturated rings. The van der Waals surface area contributed by atoms with Gasteiger partial charge in [0.1, 0.15) is 0 Å². The van der Waals surface area contributed by atoms with Crippen LogP contribution in [0.4, 0.5) is 0 Å². The summed E-state index contributed by atoms with van der Waals surface area (Å²) in [4.78, 5) is 12.3. The Balaban J connectivity index is 1.93. The van der Waals surface area contributed by atoms with E-state index in [2.05, 4.69) is 15.9 Å². The number of para-hydroxylation sites is 1. The lowest BCUT2D eigenvalue weighted by Crippen LogP contribution is -2.09. The normalized spacial score (nSPS) is 10.9. The fourth-order valence-electron chi connectivity index (χ4n) is 2.23. The van der Waals surface area contributed by atoms with Crippen molar-refractivity contribution in [2.45, 2.75) is 6.54 Å². The highest BCUT2D eigenvalue weighted by Gasteiger charge is 2.10. The maximum absolute atomic E-state index is 12.3. The first-order valence-electron chi connectivity index (χ1n) is 6.17. The molecule has 0 bridgehead atoms. The van der Waals surface area contributed by atoms with Crippen LogP contribution in [0.15, 0.2) is 59.2 Å². The SMILES string of the molecule is O=C(Cn1ccc2cccc(Cl)c21)c1ccc(Br)cc1. The number of benzene rings is 2. The molecule has 0 amide bonds. The van der Waals surface area contributed by atoms with Crippen molar-refractivity contribution in [3.05, 3.63) is 69.8 Å². The first-order chi connectivity index (χ1) is 9.65. The molecule has 20 heavy (non-hydrogen) atoms. The first-order valence-corrected chi connectivity index (χ1v) is 7.34. The van der Waals surface area contributed by atoms with E-state index in [-0.39, 0.29) is 12.3 Å². The Morgan fingerprint density at radius 1 is 1.10 bits per heavy atom. The average Bonchev–Trinajstić information content (AvgIpc) is 2.84. The van der Waals surface area contributed by atoms with Gasteiger partial charge in [0.05, 0.1) is 17.1 Å². The highest BCUT2D eigenvalue weighted by atomic mass is 79.9. The molecule has 0 spiro atoms. The molecule has 100 valence electrons. The van der Waals surface area contributed by atoms with Crippen LogP contribution in [0.2, 0.25) is 5.02 Å². The van der Waals surface area contributed by atoms with Gasteiger partial charge in [-0.15, -0.1) is 0 Å². The number of carbonyl (C=O) groups is 1. The largest absolute Gasteiger partial charge is 0.338 e. The summed E-state index contributed by atoms with van der Waals surface area (Å²) in [7, 11) is 0. The van der Waals surface area contributed by atoms with Gasteiger partial charge in [0.15, 0.2) is 5.78 Å². The van der Waals surface area contributed by atoms with E-state index in [0.29, 0.717) is 10.6 Å². The lowest BCUT2D eigenvalue weighted by molar-refractivity contribution is 0.0973. The molecule has 4 heteroatoms. The Morgan fingerprint density at radius 2 is 1.85 bits per heavy atom. The number of nitrogens with zero attached hydrogens (tertiary/aromatic N) is 1. The third kappa shape index (κ3) is 2.51. The summed E-state index contributed by atoms with van der Waals surface area (Å²) in [5.41, 5.74) is 1.60. The molecule has 3 rings (SSSR count). The molecular weight excluding hydrogens is 338 g/mol. The molecule has 0 saturated heterocycles. The predicted octanol–water partition coefficient (Wildman–Crippen LogP) is 4.94. The Hall–Kier alpha value is -1.58. The van der Waals surface area contributed by atoms with Crippen LogP contribution >= 0.6 is 27.5 Å². The zero-order valence-electron chi connectivity index (χ0n) is 10.5. The lowest BCUT2D eigenvalue weighted by atomic mass is 10.1. The standard InChI is InChI=1S/C16H11BrClNO/c17-13-6-4-11(5-7-13)15(20)10-19-9-8-12-2-1-3-14(18)16(12)19/h1-9H,10H2. The molecule has 0 N–H and O–H groups in total. The van der Waals surface area contributed by atoms with Gasteiger partial charge in [-0.2, -0.15) is 0 Å². The van der Waals surface area contributed by atoms with E-state index in [4.69, 9.17) is 11.6 Å². The number of carbonyl (C=O) groups excluding carboxylic acids is 1. The number of hydrogen-bond donors (Lipinski definition) is 0. The molecule has 2 nitrogen and oxygen atoms in total. The molecule has 0 unspecified atom stereocenters. The van der Waals surface area contributed by atoms with E-state index in [0.717, 1.165) is 15.4 Å². The van der Waals surface area contributed by atoms with E-state index >= 15 is 0 Å². The van der Waals surface area contributed by atoms with E-state index in [1.54, 1.807) is 0 Å². The van der Waals surface area contributed by atoms with Crippen molar-refractivity contribution in [2.75, 3.05) is 0 Å². The van der Waals surface area contributed by atoms with E-state index < -0.39 is 0 Å². The summed E-state index contributed by atoms with van der Waals surface area (Å²) >= 11 is 9.58. The van der Waals surface area contributed by atoms with Crippen molar-refractivity contribution in [1.29, 1.82) is 0 Å². The average molecular weight is 349 g/mol. The fourth-order valence-corrected chi connectivity index (χ4v) is 2.78. The summed E-state index contributed by atoms with van der Waals surface area (Å²) < 4.78 is 2.85. The van der Waals surface area contributed by atoms with Gasteiger partial charge in [0, 0.05) is 21.6 Å². The van der Waals surface area contributed by atoms with Crippen molar-refractivity contribution in [2.24, 2.45) is 0 Å². The van der Waals surface area contributed by atoms with Crippen LogP contribution in [0.3, 0.4) is 0 Å². The zero-order valence-corrected chi connectivity index (χ0v) is 12.9. The maximum atomic E-state index is 12.3. The van der Waals surface area contributed by atoms with Crippen molar-refractivity contribution in [3.63, 3.8) is 0 Å². The molecule has 2 aromatic carbocycles. The lowest BCUT2D eigenvalue weighted by Gasteiger charge is -2.06. The molecule has 1 aromatic heterocycles. The Kier molecular flexibility index (Phi) is 3.64. The van der Waals surface area contributed by atoms with Gasteiger partial charge < -0.3 is 4.57 Å². The van der Waals surface area contributed by atoms with Crippen LogP contribution in [0, 0.1) is 0 Å². The second kappa shape index (κ2) is 5.43. The molecule has 0 aliphatic carbocycles. The summed E-state index contributed by atoms with van der Waals surface area (Å²) in [5, 5.41) is 1.71. The summed E-state index contributed by atoms with van der Waals surface area (Å²) in [5.74, 6) is 0.0647. The number of aromatic nitrogens is 1. The summed E-state index contributed by atoms with van der Waals surface area (Å²) in [6.07, 6.45) is 1.90. The first kappa shape index (κ1) is 13.4. The minimum Gasteiger partial charge on any atom is -0.338 e. The minimum atomic E-state index is 0.0647. The topological polar surface area (TPSA) is 22.0 Å². The predicted molar refractivity (Wildman–Crippen MR) is 85.4 cm³/mol. The van der Waals surface area contributed by atoms with Crippen LogP contribution in [-0.2, 0) is 6.54 Å². The van der Waals surface area contributed by atoms with Crippen LogP contribution in [0.5, 0.6) is 0 Å². The summed E-state index contributed by atoms with van der Waals surface area (Å²) in [6, 6.07) is 15.1. The number of rotatable bonds is 3. The number of Topliss-reactive ketones (excluding diaryl/α,β-unsaturated/α-hetero) is 1. The van der Waals surface area contributed by atoms with Gasteiger partial charge in [0.2, 0.25) is 0 Å². The van der Waals surface area contributed by atoms with Crippen molar-refractivity contribution in [1.82, 2.24) is 4.57 Å². The molecular formula is C16H11BrClNO. The smallest absolute Gasteiger partial charge is 0.182 e. The molecule has 0 radical (unpaired) electrons. The number of ketones is 1. The molecule has 0 aliphatic rings. The third-order valence-electron chi connectivity index (χ3n) is 3.22. The highest BCUT2D eigenvalue weighted by molar-refractivity contribution is 9.10. The van der Waals surface area contributed by atoms with Crippen molar-refractivity contribution < 1.29 is 4.79 Å². The highest BCUT2D eigenvalue weighted by Crippen LogP contribution is 2.24. The molecule has 1 heterocycles. The Bertz CT molecular complexity index is 777. The molecule has 0 saturated carbocycles. The summed E-state index contributed by atoms with van der Waals surface area (Å²) in [6.45, 7) is 0.287. The van der Waals surface area contributed by atoms with Crippen LogP contribution in [0.25, 0.3) is 10.9 Å². The fraction of sp³-hybridized carbons (Fsp3) is 0.0625. The zero-order chi connectivity index (χ0) is 14.1. The number of hydrogen-bond acceptors (Lipinski definition) is 1. The van der Waals surface area contributed by atoms with Gasteiger partial charge in [-0.05, 0) is 24.3 Å². The van der Waals surface area contributed by atoms with Crippen LogP contribution in [-0.4, -0.2) is 10.4 Å². The molecule has 0 atom stereocenters. The van der Waals surface area contributed by atoms with Gasteiger partial charge in [-0.25, -0.2) is 0 Å². The van der Waals surface area contributed by atoms with Gasteiger partial charge in [-0.3, -0.25) is 4.79 Å². The minimum absolute atomic E-state index is 0.0647. The van der Waals surface area contributed by atoms with E-state index in [1.165, 1.54) is 0 Å². The van der Waals surface area contributed by atoms with E-state index in [1.807, 2.05) is 59.3 Å². The van der Waals surface area contributed by atoms with Gasteiger partial charge in [-0.1, -0.05) is 51.8 Å². The molecule has 0 aliphatic heterocycles. The molecule has 3 aromatic rings. The van der Waals surface area contributed by atoms with Crippen LogP contribution in [0.1, 0.15) is 10.4 Å². The van der Waals surface area contributed by atoms with Gasteiger partial charge >= 0.3 is 0 Å². The van der Waals surface area contributed by atoms with Gasteiger partial charge in [0.25, 0.3) is 0 Å². The second-order valence-corrected chi connectivity index (χ2v) is 5.87. The van der Waals surface area contributed by atoms with E-state index in [9.17, 15) is 4.79 Å². The van der Waals surface area contributed by atoms with Crippen molar-refractivity contribution >= 4 is 44.2 Å². The number of fused-ring (bicyclic) bond motifs is 1. The number of halogens is 2. The Labute approximate surface area is 130 Å². The Morgan fingerprint density at radius 3 is 2.60 bits per heavy atom. The van der Waals surface area contributed by atoms with Crippen molar-refractivity contribution in [3.8, 4) is 0 Å². The quantitative estimate of drug-likeness (QED) is 0.614. The van der Waals surface area contributed by atoms with Crippen LogP contribution < -0.4 is 0 Å².